The van der Waals surface area contributed by atoms with Gasteiger partial charge in [-0.25, -0.2) is 0 Å². The Kier molecular flexibility index (Phi) is 3.97. The average Bonchev–Trinajstić information content (AvgIpc) is 2.14. The minimum Gasteiger partial charge on any atom is -0.508 e. The minimum atomic E-state index is -0.113. The zero-order valence-corrected chi connectivity index (χ0v) is 9.56. The van der Waals surface area contributed by atoms with Gasteiger partial charge in [-0.05, 0) is 37.1 Å². The van der Waals surface area contributed by atoms with Gasteiger partial charge in [-0.1, -0.05) is 0 Å². The topological polar surface area (TPSA) is 49.3 Å². The summed E-state index contributed by atoms with van der Waals surface area (Å²) in [5.74, 6) is 0.433. The SMILES string of the molecule is Cc1cc(NC(=O)CCCl)c(C)cc1O. The summed E-state index contributed by atoms with van der Waals surface area (Å²) in [5.41, 5.74) is 2.29. The number of aryl methyl sites for hydroxylation is 2. The molecule has 0 bridgehead atoms. The van der Waals surface area contributed by atoms with E-state index in [1.54, 1.807) is 19.1 Å². The second-order valence-electron chi connectivity index (χ2n) is 3.44. The lowest BCUT2D eigenvalue weighted by atomic mass is 10.1. The highest BCUT2D eigenvalue weighted by molar-refractivity contribution is 6.19. The number of amides is 1. The van der Waals surface area contributed by atoms with E-state index in [0.717, 1.165) is 16.8 Å². The van der Waals surface area contributed by atoms with E-state index in [9.17, 15) is 9.90 Å². The lowest BCUT2D eigenvalue weighted by Crippen LogP contribution is -2.12. The molecule has 0 aromatic heterocycles. The van der Waals surface area contributed by atoms with Crippen molar-refractivity contribution in [2.45, 2.75) is 20.3 Å². The Morgan fingerprint density at radius 2 is 2.07 bits per heavy atom. The molecule has 0 atom stereocenters. The van der Waals surface area contributed by atoms with Gasteiger partial charge in [0, 0.05) is 18.0 Å². The fraction of sp³-hybridized carbons (Fsp3) is 0.364. The van der Waals surface area contributed by atoms with E-state index in [-0.39, 0.29) is 11.7 Å². The summed E-state index contributed by atoms with van der Waals surface area (Å²) < 4.78 is 0. The number of hydrogen-bond acceptors (Lipinski definition) is 2. The normalized spacial score (nSPS) is 10.1. The molecule has 3 nitrogen and oxygen atoms in total. The number of phenols is 1. The van der Waals surface area contributed by atoms with Crippen molar-refractivity contribution in [3.05, 3.63) is 23.3 Å². The Balaban J connectivity index is 2.86. The zero-order chi connectivity index (χ0) is 11.4. The summed E-state index contributed by atoms with van der Waals surface area (Å²) >= 11 is 5.46. The van der Waals surface area contributed by atoms with Crippen LogP contribution in [0, 0.1) is 13.8 Å². The van der Waals surface area contributed by atoms with E-state index < -0.39 is 0 Å². The molecule has 1 aromatic rings. The van der Waals surface area contributed by atoms with E-state index in [4.69, 9.17) is 11.6 Å². The third-order valence-electron chi connectivity index (χ3n) is 2.14. The molecule has 0 unspecified atom stereocenters. The van der Waals surface area contributed by atoms with Gasteiger partial charge in [-0.15, -0.1) is 11.6 Å². The van der Waals surface area contributed by atoms with Crippen LogP contribution in [-0.4, -0.2) is 16.9 Å². The molecule has 0 saturated carbocycles. The molecular weight excluding hydrogens is 214 g/mol. The van der Waals surface area contributed by atoms with Gasteiger partial charge in [0.1, 0.15) is 5.75 Å². The van der Waals surface area contributed by atoms with Crippen molar-refractivity contribution in [3.8, 4) is 5.75 Å². The summed E-state index contributed by atoms with van der Waals surface area (Å²) in [6.45, 7) is 3.61. The van der Waals surface area contributed by atoms with Crippen LogP contribution in [0.3, 0.4) is 0 Å². The molecule has 0 heterocycles. The molecule has 1 amide bonds. The maximum Gasteiger partial charge on any atom is 0.225 e. The molecule has 0 saturated heterocycles. The van der Waals surface area contributed by atoms with Gasteiger partial charge in [0.25, 0.3) is 0 Å². The number of hydrogen-bond donors (Lipinski definition) is 2. The first-order chi connectivity index (χ1) is 7.04. The summed E-state index contributed by atoms with van der Waals surface area (Å²) in [6, 6.07) is 3.38. The Hall–Kier alpha value is -1.22. The number of phenolic OH excluding ortho intramolecular Hbond substituents is 1. The first-order valence-electron chi connectivity index (χ1n) is 4.70. The van der Waals surface area contributed by atoms with Crippen molar-refractivity contribution in [2.75, 3.05) is 11.2 Å². The van der Waals surface area contributed by atoms with Gasteiger partial charge in [-0.2, -0.15) is 0 Å². The number of benzene rings is 1. The van der Waals surface area contributed by atoms with Crippen LogP contribution in [0.2, 0.25) is 0 Å². The van der Waals surface area contributed by atoms with Gasteiger partial charge >= 0.3 is 0 Å². The predicted molar refractivity (Wildman–Crippen MR) is 61.5 cm³/mol. The van der Waals surface area contributed by atoms with Crippen LogP contribution in [0.4, 0.5) is 5.69 Å². The van der Waals surface area contributed by atoms with E-state index in [0.29, 0.717) is 12.3 Å². The number of nitrogens with one attached hydrogen (secondary N) is 1. The third-order valence-corrected chi connectivity index (χ3v) is 2.33. The van der Waals surface area contributed by atoms with E-state index in [1.165, 1.54) is 0 Å². The zero-order valence-electron chi connectivity index (χ0n) is 8.80. The molecule has 0 fully saturated rings. The van der Waals surface area contributed by atoms with Gasteiger partial charge < -0.3 is 10.4 Å². The Bertz CT molecular complexity index is 377. The standard InChI is InChI=1S/C11H14ClNO2/c1-7-6-10(14)8(2)5-9(7)13-11(15)3-4-12/h5-6,14H,3-4H2,1-2H3,(H,13,15). The largest absolute Gasteiger partial charge is 0.508 e. The van der Waals surface area contributed by atoms with Gasteiger partial charge in [0.2, 0.25) is 5.91 Å². The number of rotatable bonds is 3. The highest BCUT2D eigenvalue weighted by atomic mass is 35.5. The highest BCUT2D eigenvalue weighted by Crippen LogP contribution is 2.24. The van der Waals surface area contributed by atoms with Crippen molar-refractivity contribution in [1.82, 2.24) is 0 Å². The van der Waals surface area contributed by atoms with Gasteiger partial charge in [0.15, 0.2) is 0 Å². The molecule has 0 aliphatic rings. The van der Waals surface area contributed by atoms with Crippen molar-refractivity contribution in [2.24, 2.45) is 0 Å². The minimum absolute atomic E-state index is 0.113. The maximum absolute atomic E-state index is 11.3. The highest BCUT2D eigenvalue weighted by Gasteiger charge is 2.06. The summed E-state index contributed by atoms with van der Waals surface area (Å²) in [5, 5.41) is 12.2. The van der Waals surface area contributed by atoms with E-state index in [1.807, 2.05) is 6.92 Å². The molecule has 82 valence electrons. The molecule has 15 heavy (non-hydrogen) atoms. The van der Waals surface area contributed by atoms with Crippen LogP contribution >= 0.6 is 11.6 Å². The number of carbonyl (C=O) groups is 1. The molecule has 0 aliphatic carbocycles. The Labute approximate surface area is 94.1 Å². The third kappa shape index (κ3) is 3.13. The first kappa shape index (κ1) is 11.9. The van der Waals surface area contributed by atoms with Crippen LogP contribution in [0.15, 0.2) is 12.1 Å². The first-order valence-corrected chi connectivity index (χ1v) is 5.24. The van der Waals surface area contributed by atoms with Crippen molar-refractivity contribution in [3.63, 3.8) is 0 Å². The summed E-state index contributed by atoms with van der Waals surface area (Å²) in [6.07, 6.45) is 0.293. The molecule has 0 radical (unpaired) electrons. The van der Waals surface area contributed by atoms with Crippen LogP contribution in [0.1, 0.15) is 17.5 Å². The predicted octanol–water partition coefficient (Wildman–Crippen LogP) is 2.58. The molecule has 1 aromatic carbocycles. The molecule has 0 aliphatic heterocycles. The molecule has 2 N–H and O–H groups in total. The number of alkyl halides is 1. The molecule has 0 spiro atoms. The monoisotopic (exact) mass is 227 g/mol. The number of aromatic hydroxyl groups is 1. The fourth-order valence-corrected chi connectivity index (χ4v) is 1.41. The smallest absolute Gasteiger partial charge is 0.225 e. The van der Waals surface area contributed by atoms with E-state index >= 15 is 0 Å². The van der Waals surface area contributed by atoms with Gasteiger partial charge in [-0.3, -0.25) is 4.79 Å². The fourth-order valence-electron chi connectivity index (χ4n) is 1.23. The number of anilines is 1. The summed E-state index contributed by atoms with van der Waals surface area (Å²) in [7, 11) is 0. The Morgan fingerprint density at radius 1 is 1.40 bits per heavy atom. The molecular formula is C11H14ClNO2. The second-order valence-corrected chi connectivity index (χ2v) is 3.82. The van der Waals surface area contributed by atoms with Crippen LogP contribution in [0.25, 0.3) is 0 Å². The van der Waals surface area contributed by atoms with Crippen molar-refractivity contribution < 1.29 is 9.90 Å². The quantitative estimate of drug-likeness (QED) is 0.616. The molecule has 4 heteroatoms. The van der Waals surface area contributed by atoms with Gasteiger partial charge in [0.05, 0.1) is 0 Å². The average molecular weight is 228 g/mol. The lowest BCUT2D eigenvalue weighted by Gasteiger charge is -2.09. The summed E-state index contributed by atoms with van der Waals surface area (Å²) in [4.78, 5) is 11.3. The van der Waals surface area contributed by atoms with Crippen LogP contribution < -0.4 is 5.32 Å². The van der Waals surface area contributed by atoms with Crippen LogP contribution in [-0.2, 0) is 4.79 Å². The van der Waals surface area contributed by atoms with E-state index in [2.05, 4.69) is 5.32 Å². The number of halogens is 1. The second kappa shape index (κ2) is 5.03. The van der Waals surface area contributed by atoms with Crippen LogP contribution in [0.5, 0.6) is 5.75 Å². The lowest BCUT2D eigenvalue weighted by molar-refractivity contribution is -0.115. The Morgan fingerprint density at radius 3 is 2.67 bits per heavy atom. The molecule has 1 rings (SSSR count). The van der Waals surface area contributed by atoms with Crippen molar-refractivity contribution in [1.29, 1.82) is 0 Å². The maximum atomic E-state index is 11.3. The van der Waals surface area contributed by atoms with Crippen molar-refractivity contribution >= 4 is 23.2 Å². The number of carbonyl (C=O) groups excluding carboxylic acids is 1.